The van der Waals surface area contributed by atoms with Crippen LogP contribution in [0, 0.1) is 0 Å². The van der Waals surface area contributed by atoms with Crippen LogP contribution in [-0.2, 0) is 14.3 Å². The number of ether oxygens (including phenoxy) is 3. The summed E-state index contributed by atoms with van der Waals surface area (Å²) < 4.78 is 98.3. The van der Waals surface area contributed by atoms with Crippen molar-refractivity contribution in [2.45, 2.75) is 63.9 Å². The standard InChI is InChI=1S/C44H37F6N5O6/c1-42(2,3)61-41(58)55-21-20-29(59-27-16-12-25(13-17-27)32-23-51-34-10-6-4-8-30(34)37(32)53-39(56)43(45,46)47)22-36(55)60-28-18-14-26(15-19-28)33-24-52-35-11-7-5-9-31(35)38(33)54-40(57)44(48,49)50/h4-19,23-24,29,36H,20-22H2,1-3H3,(H,51,53,56)(H,52,54,57). The van der Waals surface area contributed by atoms with Crippen molar-refractivity contribution in [3.63, 3.8) is 0 Å². The molecule has 17 heteroatoms. The molecule has 2 N–H and O–H groups in total. The Bertz CT molecular complexity index is 2600. The Morgan fingerprint density at radius 2 is 1.08 bits per heavy atom. The molecular weight excluding hydrogens is 809 g/mol. The van der Waals surface area contributed by atoms with Gasteiger partial charge in [-0.2, -0.15) is 26.3 Å². The van der Waals surface area contributed by atoms with Crippen LogP contribution in [0.2, 0.25) is 0 Å². The van der Waals surface area contributed by atoms with E-state index in [0.29, 0.717) is 50.9 Å². The third-order valence-corrected chi connectivity index (χ3v) is 9.58. The molecule has 1 saturated heterocycles. The fraction of sp³-hybridized carbons (Fsp3) is 0.250. The van der Waals surface area contributed by atoms with Crippen molar-refractivity contribution < 1.29 is 54.9 Å². The lowest BCUT2D eigenvalue weighted by Crippen LogP contribution is -2.52. The highest BCUT2D eigenvalue weighted by Crippen LogP contribution is 2.38. The number of piperidine rings is 1. The van der Waals surface area contributed by atoms with E-state index in [9.17, 15) is 40.7 Å². The van der Waals surface area contributed by atoms with Crippen LogP contribution in [0.25, 0.3) is 44.1 Å². The number of carbonyl (C=O) groups excluding carboxylic acids is 3. The van der Waals surface area contributed by atoms with Gasteiger partial charge in [0.1, 0.15) is 23.2 Å². The fourth-order valence-electron chi connectivity index (χ4n) is 6.78. The third-order valence-electron chi connectivity index (χ3n) is 9.58. The molecule has 2 unspecified atom stereocenters. The number of alkyl halides is 6. The summed E-state index contributed by atoms with van der Waals surface area (Å²) in [6, 6.07) is 25.8. The number of nitrogens with one attached hydrogen (secondary N) is 2. The molecule has 4 aromatic carbocycles. The van der Waals surface area contributed by atoms with Gasteiger partial charge in [0.15, 0.2) is 6.23 Å². The second-order valence-electron chi connectivity index (χ2n) is 15.1. The molecule has 0 aliphatic carbocycles. The summed E-state index contributed by atoms with van der Waals surface area (Å²) in [4.78, 5) is 47.7. The molecule has 0 radical (unpaired) electrons. The number of pyridine rings is 2. The van der Waals surface area contributed by atoms with Crippen LogP contribution in [0.15, 0.2) is 109 Å². The molecule has 3 amide bonds. The van der Waals surface area contributed by atoms with E-state index < -0.39 is 48.2 Å². The lowest BCUT2D eigenvalue weighted by atomic mass is 10.0. The normalized spacial score (nSPS) is 15.9. The summed E-state index contributed by atoms with van der Waals surface area (Å²) in [7, 11) is 0. The molecule has 11 nitrogen and oxygen atoms in total. The summed E-state index contributed by atoms with van der Waals surface area (Å²) in [6.45, 7) is 5.37. The molecule has 0 saturated carbocycles. The van der Waals surface area contributed by atoms with Crippen LogP contribution < -0.4 is 20.1 Å². The first kappa shape index (κ1) is 42.2. The number of hydrogen-bond acceptors (Lipinski definition) is 8. The van der Waals surface area contributed by atoms with E-state index in [1.54, 1.807) is 118 Å². The molecule has 0 spiro atoms. The van der Waals surface area contributed by atoms with Crippen molar-refractivity contribution in [2.24, 2.45) is 0 Å². The Kier molecular flexibility index (Phi) is 11.5. The largest absolute Gasteiger partial charge is 0.490 e. The first-order valence-corrected chi connectivity index (χ1v) is 18.9. The SMILES string of the molecule is CC(C)(C)OC(=O)N1CCC(Oc2ccc(-c3cnc4ccccc4c3NC(=O)C(F)(F)F)cc2)CC1Oc1ccc(-c2cnc3ccccc3c2NC(=O)C(F)(F)F)cc1. The zero-order valence-electron chi connectivity index (χ0n) is 32.7. The number of amides is 3. The third kappa shape index (κ3) is 9.77. The number of benzene rings is 4. The maximum absolute atomic E-state index is 13.4. The average molecular weight is 846 g/mol. The summed E-state index contributed by atoms with van der Waals surface area (Å²) in [5.41, 5.74) is 1.20. The van der Waals surface area contributed by atoms with Crippen molar-refractivity contribution >= 4 is 51.1 Å². The highest BCUT2D eigenvalue weighted by molar-refractivity contribution is 6.09. The summed E-state index contributed by atoms with van der Waals surface area (Å²) in [6.07, 6.45) is -8.95. The number of hydrogen-bond donors (Lipinski definition) is 2. The van der Waals surface area contributed by atoms with Gasteiger partial charge in [-0.05, 0) is 68.3 Å². The average Bonchev–Trinajstić information content (AvgIpc) is 3.20. The van der Waals surface area contributed by atoms with E-state index in [-0.39, 0.29) is 35.5 Å². The topological polar surface area (TPSA) is 132 Å². The van der Waals surface area contributed by atoms with Gasteiger partial charge < -0.3 is 24.8 Å². The number of carbonyl (C=O) groups is 3. The maximum atomic E-state index is 13.4. The van der Waals surface area contributed by atoms with Gasteiger partial charge >= 0.3 is 30.3 Å². The Morgan fingerprint density at radius 3 is 1.52 bits per heavy atom. The van der Waals surface area contributed by atoms with Crippen molar-refractivity contribution in [2.75, 3.05) is 17.2 Å². The van der Waals surface area contributed by atoms with E-state index in [4.69, 9.17) is 14.2 Å². The summed E-state index contributed by atoms with van der Waals surface area (Å²) >= 11 is 0. The van der Waals surface area contributed by atoms with E-state index in [2.05, 4.69) is 9.97 Å². The number of nitrogens with zero attached hydrogens (tertiary/aromatic N) is 3. The number of rotatable bonds is 8. The lowest BCUT2D eigenvalue weighted by molar-refractivity contribution is -0.167. The Balaban J connectivity index is 1.11. The smallest absolute Gasteiger partial charge is 0.471 e. The van der Waals surface area contributed by atoms with Crippen LogP contribution in [0.5, 0.6) is 11.5 Å². The molecule has 0 bridgehead atoms. The van der Waals surface area contributed by atoms with Crippen LogP contribution >= 0.6 is 0 Å². The monoisotopic (exact) mass is 845 g/mol. The predicted molar refractivity (Wildman–Crippen MR) is 215 cm³/mol. The van der Waals surface area contributed by atoms with Gasteiger partial charge in [0, 0.05) is 53.7 Å². The lowest BCUT2D eigenvalue weighted by Gasteiger charge is -2.39. The molecule has 61 heavy (non-hydrogen) atoms. The van der Waals surface area contributed by atoms with Gasteiger partial charge in [0.05, 0.1) is 22.4 Å². The predicted octanol–water partition coefficient (Wildman–Crippen LogP) is 10.3. The van der Waals surface area contributed by atoms with Gasteiger partial charge in [-0.1, -0.05) is 60.7 Å². The van der Waals surface area contributed by atoms with E-state index >= 15 is 0 Å². The number of halogens is 6. The number of likely N-dealkylation sites (tertiary alicyclic amines) is 1. The maximum Gasteiger partial charge on any atom is 0.471 e. The second-order valence-corrected chi connectivity index (χ2v) is 15.1. The minimum absolute atomic E-state index is 0.0493. The van der Waals surface area contributed by atoms with Crippen LogP contribution in [0.1, 0.15) is 33.6 Å². The van der Waals surface area contributed by atoms with Crippen molar-refractivity contribution in [1.82, 2.24) is 14.9 Å². The highest BCUT2D eigenvalue weighted by Gasteiger charge is 2.41. The van der Waals surface area contributed by atoms with Gasteiger partial charge in [-0.25, -0.2) is 4.79 Å². The van der Waals surface area contributed by atoms with Crippen molar-refractivity contribution in [3.05, 3.63) is 109 Å². The molecular formula is C44H37F6N5O6. The van der Waals surface area contributed by atoms with Crippen LogP contribution in [-0.4, -0.2) is 69.6 Å². The van der Waals surface area contributed by atoms with E-state index in [0.717, 1.165) is 0 Å². The first-order chi connectivity index (χ1) is 28.8. The fourth-order valence-corrected chi connectivity index (χ4v) is 6.78. The van der Waals surface area contributed by atoms with Crippen molar-refractivity contribution in [3.8, 4) is 33.8 Å². The summed E-state index contributed by atoms with van der Waals surface area (Å²) in [5, 5.41) is 4.64. The summed E-state index contributed by atoms with van der Waals surface area (Å²) in [5.74, 6) is -3.54. The molecule has 1 aliphatic rings. The zero-order valence-corrected chi connectivity index (χ0v) is 32.7. The second kappa shape index (κ2) is 16.6. The molecule has 1 fully saturated rings. The Hall–Kier alpha value is -6.91. The van der Waals surface area contributed by atoms with Crippen LogP contribution in [0.4, 0.5) is 42.5 Å². The minimum Gasteiger partial charge on any atom is -0.490 e. The van der Waals surface area contributed by atoms with E-state index in [1.165, 1.54) is 17.3 Å². The number of anilines is 2. The number of para-hydroxylation sites is 2. The Labute approximate surface area is 344 Å². The van der Waals surface area contributed by atoms with Gasteiger partial charge in [0.25, 0.3) is 0 Å². The number of fused-ring (bicyclic) bond motifs is 2. The quantitative estimate of drug-likeness (QED) is 0.145. The van der Waals surface area contributed by atoms with E-state index in [1.807, 2.05) is 10.6 Å². The molecule has 6 aromatic rings. The van der Waals surface area contributed by atoms with Crippen molar-refractivity contribution in [1.29, 1.82) is 0 Å². The van der Waals surface area contributed by atoms with Gasteiger partial charge in [-0.15, -0.1) is 0 Å². The van der Waals surface area contributed by atoms with Gasteiger partial charge in [-0.3, -0.25) is 24.5 Å². The molecule has 2 aromatic heterocycles. The molecule has 2 atom stereocenters. The molecule has 7 rings (SSSR count). The highest BCUT2D eigenvalue weighted by atomic mass is 19.4. The molecule has 1 aliphatic heterocycles. The van der Waals surface area contributed by atoms with Gasteiger partial charge in [0.2, 0.25) is 0 Å². The first-order valence-electron chi connectivity index (χ1n) is 18.9. The zero-order chi connectivity index (χ0) is 43.7. The number of aromatic nitrogens is 2. The Morgan fingerprint density at radius 1 is 0.639 bits per heavy atom. The van der Waals surface area contributed by atoms with Crippen LogP contribution in [0.3, 0.4) is 0 Å². The molecule has 3 heterocycles. The minimum atomic E-state index is -5.13. The molecule has 316 valence electrons.